The van der Waals surface area contributed by atoms with Gasteiger partial charge in [-0.1, -0.05) is 18.2 Å². The van der Waals surface area contributed by atoms with Gasteiger partial charge in [-0.2, -0.15) is 0 Å². The van der Waals surface area contributed by atoms with Crippen LogP contribution in [0.15, 0.2) is 24.3 Å². The van der Waals surface area contributed by atoms with Crippen molar-refractivity contribution >= 4 is 5.69 Å². The molecular formula is C13H22N2O. The highest BCUT2D eigenvalue weighted by Crippen LogP contribution is 2.24. The van der Waals surface area contributed by atoms with E-state index < -0.39 is 0 Å². The number of hydrogen-bond acceptors (Lipinski definition) is 3. The Morgan fingerprint density at radius 2 is 2.06 bits per heavy atom. The lowest BCUT2D eigenvalue weighted by atomic mass is 10.1. The number of benzene rings is 1. The largest absolute Gasteiger partial charge is 0.383 e. The van der Waals surface area contributed by atoms with Gasteiger partial charge in [-0.25, -0.2) is 0 Å². The Balaban J connectivity index is 2.90. The standard InChI is InChI=1S/C13H22N2O/c1-4-15(9-10-16-3)13-8-6-5-7-12(13)11(2)14/h5-8,11H,4,9-10,14H2,1-3H3/t11-/m1/s1. The van der Waals surface area contributed by atoms with Crippen LogP contribution in [0.3, 0.4) is 0 Å². The normalized spacial score (nSPS) is 12.5. The number of likely N-dealkylation sites (N-methyl/N-ethyl adjacent to an activating group) is 1. The number of anilines is 1. The zero-order valence-corrected chi connectivity index (χ0v) is 10.4. The third kappa shape index (κ3) is 3.22. The van der Waals surface area contributed by atoms with Gasteiger partial charge in [0.25, 0.3) is 0 Å². The molecule has 0 radical (unpaired) electrons. The second-order valence-electron chi connectivity index (χ2n) is 3.92. The van der Waals surface area contributed by atoms with Crippen LogP contribution in [-0.4, -0.2) is 26.8 Å². The van der Waals surface area contributed by atoms with Crippen molar-refractivity contribution in [3.8, 4) is 0 Å². The smallest absolute Gasteiger partial charge is 0.0637 e. The summed E-state index contributed by atoms with van der Waals surface area (Å²) in [4.78, 5) is 2.29. The molecule has 3 heteroatoms. The maximum absolute atomic E-state index is 5.98. The Kier molecular flexibility index (Phi) is 5.29. The molecular weight excluding hydrogens is 200 g/mol. The third-order valence-corrected chi connectivity index (χ3v) is 2.72. The minimum atomic E-state index is 0.0628. The fourth-order valence-electron chi connectivity index (χ4n) is 1.81. The summed E-state index contributed by atoms with van der Waals surface area (Å²) < 4.78 is 5.12. The monoisotopic (exact) mass is 222 g/mol. The number of hydrogen-bond donors (Lipinski definition) is 1. The van der Waals surface area contributed by atoms with Gasteiger partial charge in [0.2, 0.25) is 0 Å². The highest BCUT2D eigenvalue weighted by molar-refractivity contribution is 5.54. The molecule has 0 fully saturated rings. The van der Waals surface area contributed by atoms with E-state index in [0.29, 0.717) is 0 Å². The van der Waals surface area contributed by atoms with Gasteiger partial charge in [-0.15, -0.1) is 0 Å². The average molecular weight is 222 g/mol. The molecule has 0 amide bonds. The molecule has 1 aromatic carbocycles. The first kappa shape index (κ1) is 13.0. The zero-order valence-electron chi connectivity index (χ0n) is 10.4. The summed E-state index contributed by atoms with van der Waals surface area (Å²) >= 11 is 0. The molecule has 0 bridgehead atoms. The van der Waals surface area contributed by atoms with Gasteiger partial charge in [0.1, 0.15) is 0 Å². The van der Waals surface area contributed by atoms with Crippen molar-refractivity contribution in [1.29, 1.82) is 0 Å². The fraction of sp³-hybridized carbons (Fsp3) is 0.538. The molecule has 0 saturated carbocycles. The number of ether oxygens (including phenoxy) is 1. The average Bonchev–Trinajstić information content (AvgIpc) is 2.30. The molecule has 3 nitrogen and oxygen atoms in total. The number of nitrogens with zero attached hydrogens (tertiary/aromatic N) is 1. The summed E-state index contributed by atoms with van der Waals surface area (Å²) in [5, 5.41) is 0. The minimum absolute atomic E-state index is 0.0628. The first-order valence-corrected chi connectivity index (χ1v) is 5.79. The molecule has 0 heterocycles. The van der Waals surface area contributed by atoms with Crippen molar-refractivity contribution in [2.24, 2.45) is 5.73 Å². The van der Waals surface area contributed by atoms with Gasteiger partial charge in [0.15, 0.2) is 0 Å². The fourth-order valence-corrected chi connectivity index (χ4v) is 1.81. The zero-order chi connectivity index (χ0) is 12.0. The number of para-hydroxylation sites is 1. The molecule has 0 spiro atoms. The van der Waals surface area contributed by atoms with Crippen LogP contribution in [0.4, 0.5) is 5.69 Å². The lowest BCUT2D eigenvalue weighted by Crippen LogP contribution is -2.28. The van der Waals surface area contributed by atoms with Crippen LogP contribution in [0.5, 0.6) is 0 Å². The van der Waals surface area contributed by atoms with E-state index in [-0.39, 0.29) is 6.04 Å². The summed E-state index contributed by atoms with van der Waals surface area (Å²) in [5.41, 5.74) is 8.39. The lowest BCUT2D eigenvalue weighted by molar-refractivity contribution is 0.205. The summed E-state index contributed by atoms with van der Waals surface area (Å²) in [6, 6.07) is 8.36. The van der Waals surface area contributed by atoms with Crippen molar-refractivity contribution in [2.45, 2.75) is 19.9 Å². The van der Waals surface area contributed by atoms with Crippen molar-refractivity contribution in [2.75, 3.05) is 31.7 Å². The van der Waals surface area contributed by atoms with Crippen LogP contribution in [0, 0.1) is 0 Å². The Morgan fingerprint density at radius 3 is 2.62 bits per heavy atom. The Morgan fingerprint density at radius 1 is 1.38 bits per heavy atom. The molecule has 0 unspecified atom stereocenters. The Hall–Kier alpha value is -1.06. The molecule has 90 valence electrons. The first-order chi connectivity index (χ1) is 7.70. The number of methoxy groups -OCH3 is 1. The van der Waals surface area contributed by atoms with Gasteiger partial charge in [-0.3, -0.25) is 0 Å². The molecule has 1 atom stereocenters. The summed E-state index contributed by atoms with van der Waals surface area (Å²) in [6.45, 7) is 6.77. The van der Waals surface area contributed by atoms with E-state index in [9.17, 15) is 0 Å². The topological polar surface area (TPSA) is 38.5 Å². The highest BCUT2D eigenvalue weighted by Gasteiger charge is 2.11. The molecule has 2 N–H and O–H groups in total. The SMILES string of the molecule is CCN(CCOC)c1ccccc1[C@@H](C)N. The van der Waals surface area contributed by atoms with Crippen LogP contribution >= 0.6 is 0 Å². The van der Waals surface area contributed by atoms with E-state index in [1.54, 1.807) is 7.11 Å². The first-order valence-electron chi connectivity index (χ1n) is 5.79. The highest BCUT2D eigenvalue weighted by atomic mass is 16.5. The minimum Gasteiger partial charge on any atom is -0.383 e. The summed E-state index contributed by atoms with van der Waals surface area (Å²) in [6.07, 6.45) is 0. The number of rotatable bonds is 6. The van der Waals surface area contributed by atoms with Crippen LogP contribution in [0.2, 0.25) is 0 Å². The van der Waals surface area contributed by atoms with Gasteiger partial charge in [0.05, 0.1) is 6.61 Å². The molecule has 1 rings (SSSR count). The molecule has 1 aromatic rings. The van der Waals surface area contributed by atoms with Crippen molar-refractivity contribution in [1.82, 2.24) is 0 Å². The van der Waals surface area contributed by atoms with Crippen LogP contribution in [0.25, 0.3) is 0 Å². The molecule has 0 saturated heterocycles. The summed E-state index contributed by atoms with van der Waals surface area (Å²) in [7, 11) is 1.73. The van der Waals surface area contributed by atoms with Crippen molar-refractivity contribution < 1.29 is 4.74 Å². The van der Waals surface area contributed by atoms with Gasteiger partial charge in [0, 0.05) is 31.9 Å². The van der Waals surface area contributed by atoms with Crippen molar-refractivity contribution in [3.05, 3.63) is 29.8 Å². The third-order valence-electron chi connectivity index (χ3n) is 2.72. The van der Waals surface area contributed by atoms with Gasteiger partial charge in [-0.05, 0) is 25.5 Å². The Bertz CT molecular complexity index is 313. The number of nitrogens with two attached hydrogens (primary N) is 1. The molecule has 0 aliphatic heterocycles. The molecule has 16 heavy (non-hydrogen) atoms. The van der Waals surface area contributed by atoms with E-state index in [2.05, 4.69) is 30.0 Å². The van der Waals surface area contributed by atoms with Crippen LogP contribution < -0.4 is 10.6 Å². The lowest BCUT2D eigenvalue weighted by Gasteiger charge is -2.26. The predicted octanol–water partition coefficient (Wildman–Crippen LogP) is 2.18. The Labute approximate surface area is 98.2 Å². The second-order valence-corrected chi connectivity index (χ2v) is 3.92. The van der Waals surface area contributed by atoms with E-state index >= 15 is 0 Å². The molecule has 0 aliphatic carbocycles. The quantitative estimate of drug-likeness (QED) is 0.801. The van der Waals surface area contributed by atoms with Crippen LogP contribution in [0.1, 0.15) is 25.5 Å². The van der Waals surface area contributed by atoms with E-state index in [1.807, 2.05) is 13.0 Å². The van der Waals surface area contributed by atoms with Crippen LogP contribution in [-0.2, 0) is 4.74 Å². The van der Waals surface area contributed by atoms with E-state index in [4.69, 9.17) is 10.5 Å². The summed E-state index contributed by atoms with van der Waals surface area (Å²) in [5.74, 6) is 0. The predicted molar refractivity (Wildman–Crippen MR) is 68.8 cm³/mol. The maximum Gasteiger partial charge on any atom is 0.0637 e. The molecule has 0 aromatic heterocycles. The van der Waals surface area contributed by atoms with Gasteiger partial charge >= 0.3 is 0 Å². The van der Waals surface area contributed by atoms with Gasteiger partial charge < -0.3 is 15.4 Å². The molecule has 0 aliphatic rings. The van der Waals surface area contributed by atoms with E-state index in [0.717, 1.165) is 19.7 Å². The maximum atomic E-state index is 5.98. The second kappa shape index (κ2) is 6.51. The van der Waals surface area contributed by atoms with Crippen molar-refractivity contribution in [3.63, 3.8) is 0 Å². The van der Waals surface area contributed by atoms with E-state index in [1.165, 1.54) is 11.3 Å².